The maximum Gasteiger partial charge on any atom is 0.530 e. The van der Waals surface area contributed by atoms with Crippen LogP contribution in [0.2, 0.25) is 0 Å². The number of H-pyrrole nitrogens is 1. The number of halogens is 2. The maximum atomic E-state index is 15.6. The summed E-state index contributed by atoms with van der Waals surface area (Å²) >= 11 is 4.77. The predicted octanol–water partition coefficient (Wildman–Crippen LogP) is 1.70. The normalized spacial score (nSPS) is 34.6. The minimum absolute atomic E-state index is 0.0225. The second-order valence-corrected chi connectivity index (χ2v) is 8.32. The Balaban J connectivity index is 1.61. The highest BCUT2D eigenvalue weighted by atomic mass is 32.1. The summed E-state index contributed by atoms with van der Waals surface area (Å²) in [6.07, 6.45) is -5.59. The summed E-state index contributed by atoms with van der Waals surface area (Å²) < 4.78 is 77.6. The van der Waals surface area contributed by atoms with Crippen molar-refractivity contribution in [2.24, 2.45) is 0 Å². The Morgan fingerprint density at radius 2 is 2.23 bits per heavy atom. The minimum atomic E-state index is -4.83. The first-order chi connectivity index (χ1) is 14.9. The number of phosphoric acid groups is 1. The van der Waals surface area contributed by atoms with Gasteiger partial charge in [-0.05, 0) is 24.3 Å². The van der Waals surface area contributed by atoms with Crippen LogP contribution < -0.4 is 10.2 Å². The lowest BCUT2D eigenvalue weighted by Crippen LogP contribution is -2.43. The van der Waals surface area contributed by atoms with Crippen LogP contribution >= 0.6 is 20.0 Å². The van der Waals surface area contributed by atoms with E-state index in [9.17, 15) is 24.0 Å². The number of fused-ring (bicyclic) bond motifs is 1. The van der Waals surface area contributed by atoms with Gasteiger partial charge in [-0.1, -0.05) is 12.2 Å². The lowest BCUT2D eigenvalue weighted by molar-refractivity contribution is -0.205. The Labute approximate surface area is 175 Å². The quantitative estimate of drug-likeness (QED) is 0.455. The van der Waals surface area contributed by atoms with E-state index in [-0.39, 0.29) is 16.0 Å². The summed E-state index contributed by atoms with van der Waals surface area (Å²) in [5.41, 5.74) is -0.792. The number of ether oxygens (including phenoxy) is 1. The molecule has 3 N–H and O–H groups in total. The largest absolute Gasteiger partial charge is 0.530 e. The van der Waals surface area contributed by atoms with Gasteiger partial charge in [-0.3, -0.25) is 18.6 Å². The van der Waals surface area contributed by atoms with Crippen molar-refractivity contribution < 1.29 is 44.6 Å². The summed E-state index contributed by atoms with van der Waals surface area (Å²) in [6.45, 7) is -4.23. The van der Waals surface area contributed by atoms with Crippen molar-refractivity contribution in [1.82, 2.24) is 9.55 Å². The third-order valence-corrected chi connectivity index (χ3v) is 5.74. The van der Waals surface area contributed by atoms with E-state index in [0.717, 1.165) is 24.4 Å². The molecule has 1 aromatic heterocycles. The van der Waals surface area contributed by atoms with Crippen molar-refractivity contribution in [1.29, 1.82) is 0 Å². The van der Waals surface area contributed by atoms with Crippen LogP contribution in [0.4, 0.5) is 8.78 Å². The van der Waals surface area contributed by atoms with Crippen molar-refractivity contribution in [3.05, 3.63) is 57.0 Å². The van der Waals surface area contributed by atoms with E-state index >= 15 is 4.39 Å². The van der Waals surface area contributed by atoms with Gasteiger partial charge in [-0.2, -0.15) is 0 Å². The number of hydrogen-bond acceptors (Lipinski definition) is 9. The van der Waals surface area contributed by atoms with Crippen LogP contribution in [0.3, 0.4) is 0 Å². The van der Waals surface area contributed by atoms with Crippen LogP contribution in [0.1, 0.15) is 14.5 Å². The van der Waals surface area contributed by atoms with E-state index in [4.69, 9.17) is 28.7 Å². The Kier molecular flexibility index (Phi) is 4.76. The third-order valence-electron chi connectivity index (χ3n) is 4.32. The van der Waals surface area contributed by atoms with Gasteiger partial charge in [0.05, 0.1) is 9.35 Å². The molecular weight excluding hydrogens is 449 g/mol. The molecule has 3 heterocycles. The molecule has 0 aliphatic carbocycles. The van der Waals surface area contributed by atoms with Crippen LogP contribution in [0.15, 0.2) is 35.3 Å². The first-order valence-corrected chi connectivity index (χ1v) is 10.2. The van der Waals surface area contributed by atoms with Crippen LogP contribution in [-0.4, -0.2) is 44.4 Å². The molecule has 1 aromatic carbocycles. The van der Waals surface area contributed by atoms with Crippen LogP contribution in [0.5, 0.6) is 5.75 Å². The first-order valence-electron chi connectivity index (χ1n) is 9.33. The second kappa shape index (κ2) is 7.61. The van der Waals surface area contributed by atoms with Crippen LogP contribution in [0, 0.1) is 10.5 Å². The smallest absolute Gasteiger partial charge is 0.404 e. The first kappa shape index (κ1) is 18.8. The van der Waals surface area contributed by atoms with Gasteiger partial charge in [0, 0.05) is 11.8 Å². The summed E-state index contributed by atoms with van der Waals surface area (Å²) in [5, 5.41) is 20.4. The molecule has 2 aliphatic heterocycles. The second-order valence-electron chi connectivity index (χ2n) is 6.36. The maximum absolute atomic E-state index is 15.6. The number of aliphatic hydroxyl groups is 2. The number of aromatic nitrogens is 2. The van der Waals surface area contributed by atoms with Gasteiger partial charge in [0.25, 0.3) is 5.85 Å². The van der Waals surface area contributed by atoms with E-state index in [2.05, 4.69) is 9.51 Å². The summed E-state index contributed by atoms with van der Waals surface area (Å²) in [4.78, 5) is 14.3. The zero-order valence-electron chi connectivity index (χ0n) is 16.7. The lowest BCUT2D eigenvalue weighted by Gasteiger charge is -2.28. The number of aromatic amines is 1. The zero-order valence-corrected chi connectivity index (χ0v) is 16.4. The van der Waals surface area contributed by atoms with E-state index in [1.54, 1.807) is 0 Å². The average molecular weight is 466 g/mol. The number of aliphatic hydroxyl groups excluding tert-OH is 2. The van der Waals surface area contributed by atoms with Crippen molar-refractivity contribution in [2.75, 3.05) is 6.56 Å². The SMILES string of the molecule is [2H]C([2H])(OP1(=O)OCc2cc(F)ccc2O1)[C@@]1(F)O[C@@H](n2ccc(=S)[nH]c2=O)[C@H](O)[C@@H]1O. The molecule has 0 saturated carbocycles. The molecule has 162 valence electrons. The van der Waals surface area contributed by atoms with Crippen molar-refractivity contribution in [3.8, 4) is 5.75 Å². The third kappa shape index (κ3) is 3.85. The molecule has 5 atom stereocenters. The van der Waals surface area contributed by atoms with E-state index in [1.165, 1.54) is 6.07 Å². The minimum Gasteiger partial charge on any atom is -0.404 e. The van der Waals surface area contributed by atoms with Crippen LogP contribution in [0.25, 0.3) is 0 Å². The molecule has 0 amide bonds. The Hall–Kier alpha value is -1.99. The Morgan fingerprint density at radius 1 is 1.47 bits per heavy atom. The highest BCUT2D eigenvalue weighted by molar-refractivity contribution is 7.71. The van der Waals surface area contributed by atoms with Gasteiger partial charge in [-0.25, -0.2) is 18.1 Å². The number of phosphoric ester groups is 1. The fraction of sp³-hybridized carbons (Fsp3) is 0.375. The van der Waals surface area contributed by atoms with Crippen molar-refractivity contribution >= 4 is 20.0 Å². The van der Waals surface area contributed by atoms with E-state index in [1.807, 2.05) is 0 Å². The average Bonchev–Trinajstić information content (AvgIpc) is 2.93. The fourth-order valence-electron chi connectivity index (χ4n) is 2.83. The summed E-state index contributed by atoms with van der Waals surface area (Å²) in [7, 11) is -4.83. The van der Waals surface area contributed by atoms with E-state index in [0.29, 0.717) is 4.57 Å². The predicted molar refractivity (Wildman–Crippen MR) is 97.2 cm³/mol. The van der Waals surface area contributed by atoms with Gasteiger partial charge in [-0.15, -0.1) is 0 Å². The molecule has 0 bridgehead atoms. The van der Waals surface area contributed by atoms with Gasteiger partial charge >= 0.3 is 13.5 Å². The molecule has 0 radical (unpaired) electrons. The van der Waals surface area contributed by atoms with Gasteiger partial charge in [0.15, 0.2) is 6.23 Å². The molecule has 4 rings (SSSR count). The number of benzene rings is 1. The molecule has 10 nitrogen and oxygen atoms in total. The Morgan fingerprint density at radius 3 is 2.97 bits per heavy atom. The molecule has 1 fully saturated rings. The highest BCUT2D eigenvalue weighted by Crippen LogP contribution is 2.55. The zero-order chi connectivity index (χ0) is 23.5. The molecule has 14 heteroatoms. The number of rotatable bonds is 4. The molecule has 0 spiro atoms. The molecule has 2 aromatic rings. The molecular formula is C16H15F2N2O8PS. The number of nitrogens with zero attached hydrogens (tertiary/aromatic N) is 1. The monoisotopic (exact) mass is 466 g/mol. The van der Waals surface area contributed by atoms with Gasteiger partial charge in [0.2, 0.25) is 0 Å². The summed E-state index contributed by atoms with van der Waals surface area (Å²) in [6, 6.07) is 4.31. The summed E-state index contributed by atoms with van der Waals surface area (Å²) in [5.74, 6) is -4.61. The standard InChI is InChI=1S/C16H15F2N2O8PS/c17-9-1-2-10-8(5-9)6-25-29(24,28-10)26-7-16(18)13(22)12(21)14(27-16)20-4-3-11(30)19-15(20)23/h1-5,12-14,21-22H,6-7H2,(H,19,23,30)/t12-,13+,14-,16-,29?/m1/s1/i7D2. The lowest BCUT2D eigenvalue weighted by atomic mass is 10.1. The number of nitrogens with one attached hydrogen (secondary N) is 1. The highest BCUT2D eigenvalue weighted by Gasteiger charge is 2.57. The van der Waals surface area contributed by atoms with Crippen molar-refractivity contribution in [3.63, 3.8) is 0 Å². The fourth-order valence-corrected chi connectivity index (χ4v) is 4.08. The number of hydrogen-bond donors (Lipinski definition) is 3. The van der Waals surface area contributed by atoms with Gasteiger partial charge in [0.1, 0.15) is 35.0 Å². The molecule has 2 aliphatic rings. The topological polar surface area (TPSA) is 132 Å². The van der Waals surface area contributed by atoms with Gasteiger partial charge < -0.3 is 19.5 Å². The van der Waals surface area contributed by atoms with E-state index < -0.39 is 56.8 Å². The molecule has 30 heavy (non-hydrogen) atoms. The number of alkyl halides is 1. The Bertz CT molecular complexity index is 1230. The molecule has 1 unspecified atom stereocenters. The van der Waals surface area contributed by atoms with Crippen LogP contribution in [-0.2, 0) is 25.0 Å². The van der Waals surface area contributed by atoms with Crippen molar-refractivity contribution in [2.45, 2.75) is 30.9 Å². The molecule has 1 saturated heterocycles.